The van der Waals surface area contributed by atoms with Crippen LogP contribution in [0.25, 0.3) is 0 Å². The minimum absolute atomic E-state index is 0.0000468. The van der Waals surface area contributed by atoms with Gasteiger partial charge in [-0.15, -0.1) is 0 Å². The molecule has 3 atom stereocenters. The standard InChI is InChI=1S/C19H27NO3/c1-12(2)15-6-4-14(5-7-15)10-13(3)20-18(21)16-8-9-17(11-16)19(22)23/h4-7,12-13,16-17H,8-11H2,1-3H3,(H,20,21)(H,22,23)/t13?,16-,17+/m1/s1. The summed E-state index contributed by atoms with van der Waals surface area (Å²) in [7, 11) is 0. The highest BCUT2D eigenvalue weighted by Crippen LogP contribution is 2.31. The zero-order chi connectivity index (χ0) is 17.0. The molecule has 2 rings (SSSR count). The van der Waals surface area contributed by atoms with Crippen LogP contribution in [0.15, 0.2) is 24.3 Å². The van der Waals surface area contributed by atoms with E-state index in [0.29, 0.717) is 25.2 Å². The van der Waals surface area contributed by atoms with Crippen molar-refractivity contribution in [2.75, 3.05) is 0 Å². The number of benzene rings is 1. The zero-order valence-electron chi connectivity index (χ0n) is 14.2. The van der Waals surface area contributed by atoms with Crippen molar-refractivity contribution in [1.29, 1.82) is 0 Å². The number of carboxylic acids is 1. The number of hydrogen-bond acceptors (Lipinski definition) is 2. The van der Waals surface area contributed by atoms with Crippen molar-refractivity contribution in [2.45, 2.75) is 58.4 Å². The Morgan fingerprint density at radius 1 is 1.13 bits per heavy atom. The van der Waals surface area contributed by atoms with Gasteiger partial charge in [0.15, 0.2) is 0 Å². The first-order chi connectivity index (χ1) is 10.9. The maximum Gasteiger partial charge on any atom is 0.306 e. The highest BCUT2D eigenvalue weighted by molar-refractivity contribution is 5.81. The van der Waals surface area contributed by atoms with E-state index in [0.717, 1.165) is 6.42 Å². The van der Waals surface area contributed by atoms with Gasteiger partial charge < -0.3 is 10.4 Å². The molecule has 0 bridgehead atoms. The number of nitrogens with one attached hydrogen (secondary N) is 1. The van der Waals surface area contributed by atoms with Crippen LogP contribution < -0.4 is 5.32 Å². The highest BCUT2D eigenvalue weighted by atomic mass is 16.4. The van der Waals surface area contributed by atoms with Crippen molar-refractivity contribution in [3.8, 4) is 0 Å². The largest absolute Gasteiger partial charge is 0.481 e. The van der Waals surface area contributed by atoms with Crippen molar-refractivity contribution in [2.24, 2.45) is 11.8 Å². The average molecular weight is 317 g/mol. The minimum Gasteiger partial charge on any atom is -0.481 e. The lowest BCUT2D eigenvalue weighted by Crippen LogP contribution is -2.37. The smallest absolute Gasteiger partial charge is 0.306 e. The third kappa shape index (κ3) is 4.81. The summed E-state index contributed by atoms with van der Waals surface area (Å²) in [6.45, 7) is 6.34. The lowest BCUT2D eigenvalue weighted by molar-refractivity contribution is -0.141. The quantitative estimate of drug-likeness (QED) is 0.845. The molecule has 1 aromatic carbocycles. The molecule has 0 spiro atoms. The lowest BCUT2D eigenvalue weighted by Gasteiger charge is -2.17. The summed E-state index contributed by atoms with van der Waals surface area (Å²) in [5.74, 6) is -0.768. The summed E-state index contributed by atoms with van der Waals surface area (Å²) in [4.78, 5) is 23.2. The van der Waals surface area contributed by atoms with E-state index in [9.17, 15) is 9.59 Å². The van der Waals surface area contributed by atoms with Crippen LogP contribution >= 0.6 is 0 Å². The molecule has 0 saturated heterocycles. The number of hydrogen-bond donors (Lipinski definition) is 2. The molecule has 1 unspecified atom stereocenters. The van der Waals surface area contributed by atoms with E-state index < -0.39 is 5.97 Å². The van der Waals surface area contributed by atoms with Gasteiger partial charge in [-0.25, -0.2) is 0 Å². The Kier molecular flexibility index (Phi) is 5.80. The van der Waals surface area contributed by atoms with E-state index in [1.807, 2.05) is 6.92 Å². The number of carbonyl (C=O) groups excluding carboxylic acids is 1. The maximum absolute atomic E-state index is 12.3. The Morgan fingerprint density at radius 2 is 1.74 bits per heavy atom. The van der Waals surface area contributed by atoms with Crippen molar-refractivity contribution in [1.82, 2.24) is 5.32 Å². The molecule has 0 radical (unpaired) electrons. The third-order valence-corrected chi connectivity index (χ3v) is 4.73. The Hall–Kier alpha value is -1.84. The second-order valence-corrected chi connectivity index (χ2v) is 7.06. The predicted octanol–water partition coefficient (Wildman–Crippen LogP) is 3.36. The molecule has 0 heterocycles. The number of amides is 1. The van der Waals surface area contributed by atoms with Gasteiger partial charge in [-0.05, 0) is 49.7 Å². The topological polar surface area (TPSA) is 66.4 Å². The van der Waals surface area contributed by atoms with Crippen molar-refractivity contribution >= 4 is 11.9 Å². The summed E-state index contributed by atoms with van der Waals surface area (Å²) in [5, 5.41) is 12.1. The first-order valence-corrected chi connectivity index (χ1v) is 8.48. The second-order valence-electron chi connectivity index (χ2n) is 7.06. The van der Waals surface area contributed by atoms with Gasteiger partial charge in [-0.2, -0.15) is 0 Å². The van der Waals surface area contributed by atoms with Crippen LogP contribution in [-0.4, -0.2) is 23.0 Å². The first kappa shape index (κ1) is 17.5. The average Bonchev–Trinajstić information content (AvgIpc) is 2.97. The van der Waals surface area contributed by atoms with Gasteiger partial charge in [0.05, 0.1) is 5.92 Å². The molecule has 1 amide bonds. The molecule has 1 aliphatic rings. The van der Waals surface area contributed by atoms with E-state index in [-0.39, 0.29) is 23.8 Å². The fraction of sp³-hybridized carbons (Fsp3) is 0.579. The number of carboxylic acid groups (broad SMARTS) is 1. The van der Waals surface area contributed by atoms with Crippen LogP contribution in [0.1, 0.15) is 57.1 Å². The normalized spacial score (nSPS) is 22.1. The van der Waals surface area contributed by atoms with E-state index in [1.165, 1.54) is 11.1 Å². The van der Waals surface area contributed by atoms with Gasteiger partial charge in [-0.1, -0.05) is 38.1 Å². The molecule has 0 aliphatic heterocycles. The van der Waals surface area contributed by atoms with Gasteiger partial charge in [0.1, 0.15) is 0 Å². The fourth-order valence-electron chi connectivity index (χ4n) is 3.25. The lowest BCUT2D eigenvalue weighted by atomic mass is 9.99. The predicted molar refractivity (Wildman–Crippen MR) is 90.3 cm³/mol. The van der Waals surface area contributed by atoms with Crippen LogP contribution in [0.2, 0.25) is 0 Å². The summed E-state index contributed by atoms with van der Waals surface area (Å²) < 4.78 is 0. The second kappa shape index (κ2) is 7.62. The van der Waals surface area contributed by atoms with Crippen molar-refractivity contribution < 1.29 is 14.7 Å². The van der Waals surface area contributed by atoms with Gasteiger partial charge in [0.25, 0.3) is 0 Å². The number of carbonyl (C=O) groups is 2. The van der Waals surface area contributed by atoms with Crippen LogP contribution in [0.5, 0.6) is 0 Å². The number of aliphatic carboxylic acids is 1. The fourth-order valence-corrected chi connectivity index (χ4v) is 3.25. The third-order valence-electron chi connectivity index (χ3n) is 4.73. The minimum atomic E-state index is -0.779. The summed E-state index contributed by atoms with van der Waals surface area (Å²) in [6.07, 6.45) is 2.55. The van der Waals surface area contributed by atoms with Crippen LogP contribution in [0.4, 0.5) is 0 Å². The summed E-state index contributed by atoms with van der Waals surface area (Å²) in [6, 6.07) is 8.57. The molecular formula is C19H27NO3. The Balaban J connectivity index is 1.83. The Bertz CT molecular complexity index is 550. The molecule has 23 heavy (non-hydrogen) atoms. The summed E-state index contributed by atoms with van der Waals surface area (Å²) in [5.41, 5.74) is 2.52. The van der Waals surface area contributed by atoms with Gasteiger partial charge in [0, 0.05) is 12.0 Å². The summed E-state index contributed by atoms with van der Waals surface area (Å²) >= 11 is 0. The molecule has 1 aliphatic carbocycles. The van der Waals surface area contributed by atoms with Crippen LogP contribution in [0, 0.1) is 11.8 Å². The molecule has 1 saturated carbocycles. The Labute approximate surface area is 138 Å². The molecular weight excluding hydrogens is 290 g/mol. The van der Waals surface area contributed by atoms with E-state index >= 15 is 0 Å². The Morgan fingerprint density at radius 3 is 2.26 bits per heavy atom. The van der Waals surface area contributed by atoms with Gasteiger partial charge >= 0.3 is 5.97 Å². The van der Waals surface area contributed by atoms with E-state index in [2.05, 4.69) is 43.4 Å². The van der Waals surface area contributed by atoms with Crippen LogP contribution in [-0.2, 0) is 16.0 Å². The highest BCUT2D eigenvalue weighted by Gasteiger charge is 2.34. The molecule has 1 fully saturated rings. The van der Waals surface area contributed by atoms with Gasteiger partial charge in [-0.3, -0.25) is 9.59 Å². The van der Waals surface area contributed by atoms with Gasteiger partial charge in [0.2, 0.25) is 5.91 Å². The van der Waals surface area contributed by atoms with E-state index in [1.54, 1.807) is 0 Å². The van der Waals surface area contributed by atoms with Crippen LogP contribution in [0.3, 0.4) is 0 Å². The molecule has 4 nitrogen and oxygen atoms in total. The van der Waals surface area contributed by atoms with Crippen molar-refractivity contribution in [3.05, 3.63) is 35.4 Å². The zero-order valence-corrected chi connectivity index (χ0v) is 14.2. The first-order valence-electron chi connectivity index (χ1n) is 8.48. The molecule has 4 heteroatoms. The maximum atomic E-state index is 12.3. The molecule has 1 aromatic rings. The molecule has 0 aromatic heterocycles. The monoisotopic (exact) mass is 317 g/mol. The van der Waals surface area contributed by atoms with Crippen molar-refractivity contribution in [3.63, 3.8) is 0 Å². The van der Waals surface area contributed by atoms with E-state index in [4.69, 9.17) is 5.11 Å². The molecule has 2 N–H and O–H groups in total. The number of rotatable bonds is 6. The molecule has 126 valence electrons. The SMILES string of the molecule is CC(Cc1ccc(C(C)C)cc1)NC(=O)[C@@H]1CC[C@H](C(=O)O)C1.